The zero-order chi connectivity index (χ0) is 10.8. The van der Waals surface area contributed by atoms with Gasteiger partial charge in [0.05, 0.1) is 19.3 Å². The highest BCUT2D eigenvalue weighted by Gasteiger charge is 2.12. The molecule has 0 bridgehead atoms. The molecule has 0 spiro atoms. The summed E-state index contributed by atoms with van der Waals surface area (Å²) in [7, 11) is 0. The van der Waals surface area contributed by atoms with Crippen molar-refractivity contribution >= 4 is 0 Å². The van der Waals surface area contributed by atoms with Gasteiger partial charge in [-0.15, -0.1) is 0 Å². The first-order valence-electron chi connectivity index (χ1n) is 5.59. The molecule has 86 valence electrons. The van der Waals surface area contributed by atoms with Crippen molar-refractivity contribution in [3.8, 4) is 0 Å². The molecule has 0 aliphatic heterocycles. The topological polar surface area (TPSA) is 49.7 Å². The molecular weight excluding hydrogens is 180 g/mol. The van der Waals surface area contributed by atoms with E-state index in [1.54, 1.807) is 0 Å². The molecule has 0 aromatic carbocycles. The predicted molar refractivity (Wildman–Crippen MR) is 57.2 cm³/mol. The van der Waals surface area contributed by atoms with Crippen molar-refractivity contribution < 1.29 is 14.9 Å². The lowest BCUT2D eigenvalue weighted by Gasteiger charge is -2.16. The van der Waals surface area contributed by atoms with E-state index in [9.17, 15) is 5.11 Å². The monoisotopic (exact) mass is 204 g/mol. The maximum atomic E-state index is 9.24. The predicted octanol–water partition coefficient (Wildman–Crippen LogP) is 1.57. The summed E-state index contributed by atoms with van der Waals surface area (Å²) in [5, 5.41) is 17.9. The summed E-state index contributed by atoms with van der Waals surface area (Å²) in [4.78, 5) is 0. The summed E-state index contributed by atoms with van der Waals surface area (Å²) in [5.74, 6) is 0.0196. The fourth-order valence-electron chi connectivity index (χ4n) is 1.19. The number of ether oxygens (including phenoxy) is 1. The maximum Gasteiger partial charge on any atom is 0.0818 e. The molecule has 2 N–H and O–H groups in total. The lowest BCUT2D eigenvalue weighted by Crippen LogP contribution is -2.25. The van der Waals surface area contributed by atoms with Gasteiger partial charge in [-0.25, -0.2) is 0 Å². The van der Waals surface area contributed by atoms with Crippen molar-refractivity contribution in [1.29, 1.82) is 0 Å². The molecule has 3 heteroatoms. The van der Waals surface area contributed by atoms with E-state index in [2.05, 4.69) is 6.92 Å². The molecule has 14 heavy (non-hydrogen) atoms. The summed E-state index contributed by atoms with van der Waals surface area (Å²) >= 11 is 0. The van der Waals surface area contributed by atoms with Gasteiger partial charge >= 0.3 is 0 Å². The van der Waals surface area contributed by atoms with Gasteiger partial charge in [-0.2, -0.15) is 0 Å². The first kappa shape index (κ1) is 13.9. The molecule has 0 saturated heterocycles. The first-order chi connectivity index (χ1) is 6.72. The Balaban J connectivity index is 3.18. The average molecular weight is 204 g/mol. The number of rotatable bonds is 9. The van der Waals surface area contributed by atoms with Gasteiger partial charge in [-0.1, -0.05) is 33.1 Å². The summed E-state index contributed by atoms with van der Waals surface area (Å²) < 4.78 is 5.39. The third-order valence-electron chi connectivity index (χ3n) is 2.37. The lowest BCUT2D eigenvalue weighted by molar-refractivity contribution is 0.00566. The highest BCUT2D eigenvalue weighted by molar-refractivity contribution is 4.61. The van der Waals surface area contributed by atoms with Crippen LogP contribution in [0.4, 0.5) is 0 Å². The Hall–Kier alpha value is -0.120. The molecule has 0 aromatic heterocycles. The molecule has 3 nitrogen and oxygen atoms in total. The largest absolute Gasteiger partial charge is 0.394 e. The third-order valence-corrected chi connectivity index (χ3v) is 2.37. The molecule has 0 fully saturated rings. The molecule has 0 aliphatic carbocycles. The van der Waals surface area contributed by atoms with Crippen LogP contribution < -0.4 is 0 Å². The minimum Gasteiger partial charge on any atom is -0.394 e. The van der Waals surface area contributed by atoms with Crippen molar-refractivity contribution in [2.24, 2.45) is 5.92 Å². The second-order valence-corrected chi connectivity index (χ2v) is 3.86. The van der Waals surface area contributed by atoms with Crippen molar-refractivity contribution in [3.05, 3.63) is 0 Å². The molecule has 2 atom stereocenters. The molecule has 0 aliphatic rings. The molecule has 0 aromatic rings. The summed E-state index contributed by atoms with van der Waals surface area (Å²) in [6.45, 7) is 5.18. The van der Waals surface area contributed by atoms with Crippen LogP contribution in [0, 0.1) is 5.92 Å². The Bertz CT molecular complexity index is 117. The van der Waals surface area contributed by atoms with E-state index in [4.69, 9.17) is 9.84 Å². The standard InChI is InChI=1S/C11H24O3/c1-3-4-5-6-7-14-9-10(2)11(13)8-12/h10-13H,3-9H2,1-2H3. The van der Waals surface area contributed by atoms with Crippen LogP contribution in [0.5, 0.6) is 0 Å². The van der Waals surface area contributed by atoms with Crippen molar-refractivity contribution in [2.75, 3.05) is 19.8 Å². The van der Waals surface area contributed by atoms with E-state index in [1.165, 1.54) is 19.3 Å². The van der Waals surface area contributed by atoms with Crippen LogP contribution in [0.1, 0.15) is 39.5 Å². The van der Waals surface area contributed by atoms with Crippen LogP contribution in [0.25, 0.3) is 0 Å². The number of aliphatic hydroxyl groups excluding tert-OH is 2. The first-order valence-corrected chi connectivity index (χ1v) is 5.59. The highest BCUT2D eigenvalue weighted by Crippen LogP contribution is 2.04. The van der Waals surface area contributed by atoms with Crippen LogP contribution in [-0.2, 0) is 4.74 Å². The van der Waals surface area contributed by atoms with Crippen LogP contribution in [-0.4, -0.2) is 36.1 Å². The second kappa shape index (κ2) is 9.44. The Kier molecular flexibility index (Phi) is 9.35. The Morgan fingerprint density at radius 1 is 1.21 bits per heavy atom. The number of aliphatic hydroxyl groups is 2. The number of hydrogen-bond acceptors (Lipinski definition) is 3. The molecule has 0 radical (unpaired) electrons. The van der Waals surface area contributed by atoms with Crippen molar-refractivity contribution in [2.45, 2.75) is 45.6 Å². The van der Waals surface area contributed by atoms with Gasteiger partial charge in [-0.3, -0.25) is 0 Å². The molecule has 0 saturated carbocycles. The molecule has 0 heterocycles. The fraction of sp³-hybridized carbons (Fsp3) is 1.00. The molecule has 0 amide bonds. The minimum absolute atomic E-state index is 0.0196. The van der Waals surface area contributed by atoms with Gasteiger partial charge in [0.2, 0.25) is 0 Å². The van der Waals surface area contributed by atoms with E-state index in [-0.39, 0.29) is 12.5 Å². The van der Waals surface area contributed by atoms with Crippen LogP contribution in [0.3, 0.4) is 0 Å². The van der Waals surface area contributed by atoms with Crippen LogP contribution in [0.15, 0.2) is 0 Å². The van der Waals surface area contributed by atoms with Gasteiger partial charge in [0.15, 0.2) is 0 Å². The van der Waals surface area contributed by atoms with Gasteiger partial charge < -0.3 is 14.9 Å². The average Bonchev–Trinajstić information content (AvgIpc) is 2.21. The Labute approximate surface area is 87.1 Å². The van der Waals surface area contributed by atoms with Crippen molar-refractivity contribution in [1.82, 2.24) is 0 Å². The van der Waals surface area contributed by atoms with Crippen LogP contribution >= 0.6 is 0 Å². The van der Waals surface area contributed by atoms with E-state index < -0.39 is 6.10 Å². The SMILES string of the molecule is CCCCCCOCC(C)C(O)CO. The molecule has 0 rings (SSSR count). The normalized spacial score (nSPS) is 15.4. The summed E-state index contributed by atoms with van der Waals surface area (Å²) in [6, 6.07) is 0. The van der Waals surface area contributed by atoms with Crippen molar-refractivity contribution in [3.63, 3.8) is 0 Å². The smallest absolute Gasteiger partial charge is 0.0818 e. The van der Waals surface area contributed by atoms with Gasteiger partial charge in [0, 0.05) is 12.5 Å². The summed E-state index contributed by atoms with van der Waals surface area (Å²) in [6.07, 6.45) is 4.16. The number of hydrogen-bond donors (Lipinski definition) is 2. The fourth-order valence-corrected chi connectivity index (χ4v) is 1.19. The van der Waals surface area contributed by atoms with E-state index in [0.29, 0.717) is 6.61 Å². The van der Waals surface area contributed by atoms with E-state index in [1.807, 2.05) is 6.92 Å². The van der Waals surface area contributed by atoms with Gasteiger partial charge in [0.25, 0.3) is 0 Å². The van der Waals surface area contributed by atoms with E-state index in [0.717, 1.165) is 13.0 Å². The lowest BCUT2D eigenvalue weighted by atomic mass is 10.1. The highest BCUT2D eigenvalue weighted by atomic mass is 16.5. The summed E-state index contributed by atoms with van der Waals surface area (Å²) in [5.41, 5.74) is 0. The zero-order valence-corrected chi connectivity index (χ0v) is 9.41. The Morgan fingerprint density at radius 2 is 1.93 bits per heavy atom. The van der Waals surface area contributed by atoms with Crippen LogP contribution in [0.2, 0.25) is 0 Å². The minimum atomic E-state index is -0.648. The van der Waals surface area contributed by atoms with Gasteiger partial charge in [-0.05, 0) is 6.42 Å². The Morgan fingerprint density at radius 3 is 2.50 bits per heavy atom. The van der Waals surface area contributed by atoms with Gasteiger partial charge in [0.1, 0.15) is 0 Å². The maximum absolute atomic E-state index is 9.24. The second-order valence-electron chi connectivity index (χ2n) is 3.86. The quantitative estimate of drug-likeness (QED) is 0.561. The number of unbranched alkanes of at least 4 members (excludes halogenated alkanes) is 3. The zero-order valence-electron chi connectivity index (χ0n) is 9.41. The molecule has 2 unspecified atom stereocenters. The van der Waals surface area contributed by atoms with E-state index >= 15 is 0 Å². The molecular formula is C11H24O3. The third kappa shape index (κ3) is 7.30.